The Kier molecular flexibility index (Phi) is 6.93. The highest BCUT2D eigenvalue weighted by Crippen LogP contribution is 2.26. The molecular weight excluding hydrogens is 383 g/mol. The number of carbonyl (C=O) groups is 2. The fourth-order valence-electron chi connectivity index (χ4n) is 3.09. The zero-order chi connectivity index (χ0) is 21.5. The van der Waals surface area contributed by atoms with Gasteiger partial charge in [-0.1, -0.05) is 37.3 Å². The van der Waals surface area contributed by atoms with Crippen LogP contribution >= 0.6 is 0 Å². The lowest BCUT2D eigenvalue weighted by atomic mass is 9.97. The maximum absolute atomic E-state index is 14.4. The second-order valence-corrected chi connectivity index (χ2v) is 6.84. The molecular formula is C24H23FN2O3. The van der Waals surface area contributed by atoms with Gasteiger partial charge in [0.15, 0.2) is 0 Å². The van der Waals surface area contributed by atoms with Gasteiger partial charge in [-0.05, 0) is 59.5 Å². The predicted octanol–water partition coefficient (Wildman–Crippen LogP) is 4.38. The van der Waals surface area contributed by atoms with Crippen molar-refractivity contribution in [3.05, 3.63) is 89.2 Å². The lowest BCUT2D eigenvalue weighted by Gasteiger charge is -2.12. The number of hydrogen-bond donors (Lipinski definition) is 3. The minimum Gasteiger partial charge on any atom is -0.392 e. The molecule has 0 saturated heterocycles. The van der Waals surface area contributed by atoms with Gasteiger partial charge in [0.25, 0.3) is 11.8 Å². The number of benzene rings is 3. The summed E-state index contributed by atoms with van der Waals surface area (Å²) in [6.45, 7) is 2.35. The Morgan fingerprint density at radius 2 is 1.77 bits per heavy atom. The van der Waals surface area contributed by atoms with Gasteiger partial charge >= 0.3 is 0 Å². The average Bonchev–Trinajstić information content (AvgIpc) is 2.77. The van der Waals surface area contributed by atoms with Crippen molar-refractivity contribution in [2.45, 2.75) is 20.0 Å². The molecule has 5 nitrogen and oxygen atoms in total. The normalized spacial score (nSPS) is 10.5. The molecule has 0 aliphatic heterocycles. The van der Waals surface area contributed by atoms with Gasteiger partial charge in [-0.2, -0.15) is 0 Å². The molecule has 0 spiro atoms. The molecule has 0 saturated carbocycles. The number of anilines is 1. The van der Waals surface area contributed by atoms with Crippen LogP contribution in [0.3, 0.4) is 0 Å². The SMILES string of the molecule is CCCNC(=O)c1ccccc1-c1cc(F)cc(C(=O)Nc2cccc(CO)c2)c1. The molecule has 2 amide bonds. The maximum atomic E-state index is 14.4. The number of hydrogen-bond acceptors (Lipinski definition) is 3. The molecule has 0 radical (unpaired) electrons. The number of aliphatic hydroxyl groups is 1. The van der Waals surface area contributed by atoms with E-state index >= 15 is 0 Å². The van der Waals surface area contributed by atoms with E-state index in [1.54, 1.807) is 54.6 Å². The van der Waals surface area contributed by atoms with Crippen molar-refractivity contribution >= 4 is 17.5 Å². The Morgan fingerprint density at radius 1 is 0.967 bits per heavy atom. The van der Waals surface area contributed by atoms with Crippen LogP contribution in [0.25, 0.3) is 11.1 Å². The first-order chi connectivity index (χ1) is 14.5. The van der Waals surface area contributed by atoms with Gasteiger partial charge in [0.05, 0.1) is 6.61 Å². The third-order valence-corrected chi connectivity index (χ3v) is 4.55. The van der Waals surface area contributed by atoms with Gasteiger partial charge in [-0.25, -0.2) is 4.39 Å². The van der Waals surface area contributed by atoms with Crippen molar-refractivity contribution in [3.63, 3.8) is 0 Å². The van der Waals surface area contributed by atoms with E-state index in [2.05, 4.69) is 10.6 Å². The van der Waals surface area contributed by atoms with E-state index < -0.39 is 11.7 Å². The molecule has 6 heteroatoms. The summed E-state index contributed by atoms with van der Waals surface area (Å²) in [5, 5.41) is 14.8. The van der Waals surface area contributed by atoms with Crippen molar-refractivity contribution in [3.8, 4) is 11.1 Å². The quantitative estimate of drug-likeness (QED) is 0.545. The van der Waals surface area contributed by atoms with Gasteiger partial charge in [0.1, 0.15) is 5.82 Å². The van der Waals surface area contributed by atoms with Crippen molar-refractivity contribution in [1.82, 2.24) is 5.32 Å². The predicted molar refractivity (Wildman–Crippen MR) is 115 cm³/mol. The van der Waals surface area contributed by atoms with Gasteiger partial charge in [0, 0.05) is 23.4 Å². The second-order valence-electron chi connectivity index (χ2n) is 6.84. The van der Waals surface area contributed by atoms with Crippen LogP contribution in [-0.4, -0.2) is 23.5 Å². The van der Waals surface area contributed by atoms with E-state index in [0.717, 1.165) is 12.5 Å². The molecule has 3 rings (SSSR count). The van der Waals surface area contributed by atoms with Crippen LogP contribution in [0.5, 0.6) is 0 Å². The van der Waals surface area contributed by atoms with Gasteiger partial charge in [-0.3, -0.25) is 9.59 Å². The molecule has 0 aliphatic rings. The first-order valence-corrected chi connectivity index (χ1v) is 9.71. The maximum Gasteiger partial charge on any atom is 0.255 e. The summed E-state index contributed by atoms with van der Waals surface area (Å²) in [6.07, 6.45) is 0.801. The summed E-state index contributed by atoms with van der Waals surface area (Å²) >= 11 is 0. The molecule has 0 unspecified atom stereocenters. The zero-order valence-electron chi connectivity index (χ0n) is 16.6. The van der Waals surface area contributed by atoms with Crippen LogP contribution in [0.1, 0.15) is 39.6 Å². The molecule has 0 bridgehead atoms. The number of amides is 2. The summed E-state index contributed by atoms with van der Waals surface area (Å²) < 4.78 is 14.4. The molecule has 30 heavy (non-hydrogen) atoms. The van der Waals surface area contributed by atoms with Gasteiger partial charge in [-0.15, -0.1) is 0 Å². The van der Waals surface area contributed by atoms with Gasteiger partial charge in [0.2, 0.25) is 0 Å². The molecule has 0 fully saturated rings. The number of rotatable bonds is 7. The standard InChI is InChI=1S/C24H23FN2O3/c1-2-10-26-24(30)22-9-4-3-8-21(22)17-12-18(14-19(25)13-17)23(29)27-20-7-5-6-16(11-20)15-28/h3-9,11-14,28H,2,10,15H2,1H3,(H,26,30)(H,27,29). The Hall–Kier alpha value is -3.51. The summed E-state index contributed by atoms with van der Waals surface area (Å²) in [7, 11) is 0. The topological polar surface area (TPSA) is 78.4 Å². The van der Waals surface area contributed by atoms with E-state index in [4.69, 9.17) is 0 Å². The first kappa shape index (κ1) is 21.2. The van der Waals surface area contributed by atoms with E-state index in [-0.39, 0.29) is 18.1 Å². The van der Waals surface area contributed by atoms with E-state index in [9.17, 15) is 19.1 Å². The van der Waals surface area contributed by atoms with Crippen molar-refractivity contribution in [2.24, 2.45) is 0 Å². The molecule has 154 valence electrons. The average molecular weight is 406 g/mol. The third kappa shape index (κ3) is 5.10. The highest BCUT2D eigenvalue weighted by atomic mass is 19.1. The van der Waals surface area contributed by atoms with Crippen molar-refractivity contribution in [1.29, 1.82) is 0 Å². The lowest BCUT2D eigenvalue weighted by molar-refractivity contribution is 0.0953. The van der Waals surface area contributed by atoms with Crippen molar-refractivity contribution in [2.75, 3.05) is 11.9 Å². The van der Waals surface area contributed by atoms with Crippen LogP contribution in [0, 0.1) is 5.82 Å². The molecule has 0 atom stereocenters. The van der Waals surface area contributed by atoms with Gasteiger partial charge < -0.3 is 15.7 Å². The minimum atomic E-state index is -0.578. The number of halogens is 1. The van der Waals surface area contributed by atoms with E-state index in [1.165, 1.54) is 6.07 Å². The fraction of sp³-hybridized carbons (Fsp3) is 0.167. The van der Waals surface area contributed by atoms with Crippen LogP contribution < -0.4 is 10.6 Å². The second kappa shape index (κ2) is 9.80. The summed E-state index contributed by atoms with van der Waals surface area (Å²) in [4.78, 5) is 25.2. The van der Waals surface area contributed by atoms with Crippen LogP contribution in [-0.2, 0) is 6.61 Å². The summed E-state index contributed by atoms with van der Waals surface area (Å²) in [5.41, 5.74) is 2.67. The molecule has 3 aromatic rings. The van der Waals surface area contributed by atoms with E-state index in [1.807, 2.05) is 6.92 Å². The monoisotopic (exact) mass is 406 g/mol. The van der Waals surface area contributed by atoms with Crippen LogP contribution in [0.4, 0.5) is 10.1 Å². The lowest BCUT2D eigenvalue weighted by Crippen LogP contribution is -2.24. The number of aliphatic hydroxyl groups excluding tert-OH is 1. The highest BCUT2D eigenvalue weighted by molar-refractivity contribution is 6.06. The van der Waals surface area contributed by atoms with Crippen molar-refractivity contribution < 1.29 is 19.1 Å². The van der Waals surface area contributed by atoms with Crippen LogP contribution in [0.15, 0.2) is 66.7 Å². The largest absolute Gasteiger partial charge is 0.392 e. The Balaban J connectivity index is 1.92. The highest BCUT2D eigenvalue weighted by Gasteiger charge is 2.15. The smallest absolute Gasteiger partial charge is 0.255 e. The number of nitrogens with one attached hydrogen (secondary N) is 2. The Morgan fingerprint density at radius 3 is 2.53 bits per heavy atom. The molecule has 0 heterocycles. The Bertz CT molecular complexity index is 1070. The first-order valence-electron chi connectivity index (χ1n) is 9.71. The Labute approximate surface area is 174 Å². The summed E-state index contributed by atoms with van der Waals surface area (Å²) in [6, 6.07) is 17.7. The fourth-order valence-corrected chi connectivity index (χ4v) is 3.09. The molecule has 0 aliphatic carbocycles. The van der Waals surface area contributed by atoms with E-state index in [0.29, 0.717) is 34.5 Å². The molecule has 0 aromatic heterocycles. The van der Waals surface area contributed by atoms with Crippen LogP contribution in [0.2, 0.25) is 0 Å². The minimum absolute atomic E-state index is 0.128. The number of carbonyl (C=O) groups excluding carboxylic acids is 2. The third-order valence-electron chi connectivity index (χ3n) is 4.55. The summed E-state index contributed by atoms with van der Waals surface area (Å²) in [5.74, 6) is -1.31. The molecule has 3 N–H and O–H groups in total. The molecule has 3 aromatic carbocycles. The zero-order valence-corrected chi connectivity index (χ0v) is 16.6.